The van der Waals surface area contributed by atoms with Gasteiger partial charge in [0.25, 0.3) is 5.91 Å². The molecule has 2 aliphatic rings. The maximum atomic E-state index is 12.2. The number of nitrogens with one attached hydrogen (secondary N) is 1. The van der Waals surface area contributed by atoms with Crippen molar-refractivity contribution < 1.29 is 9.53 Å². The van der Waals surface area contributed by atoms with Crippen LogP contribution in [-0.2, 0) is 9.53 Å². The molecule has 0 bridgehead atoms. The van der Waals surface area contributed by atoms with Crippen molar-refractivity contribution in [1.29, 1.82) is 0 Å². The highest BCUT2D eigenvalue weighted by atomic mass is 16.5. The number of amides is 1. The Morgan fingerprint density at radius 2 is 1.78 bits per heavy atom. The van der Waals surface area contributed by atoms with Crippen LogP contribution in [0.15, 0.2) is 0 Å². The molecule has 1 saturated heterocycles. The summed E-state index contributed by atoms with van der Waals surface area (Å²) in [6.45, 7) is 12.5. The first kappa shape index (κ1) is 13.9. The number of ether oxygens (including phenoxy) is 1. The van der Waals surface area contributed by atoms with Gasteiger partial charge < -0.3 is 10.1 Å². The summed E-state index contributed by atoms with van der Waals surface area (Å²) in [4.78, 5) is 12.2. The molecule has 1 saturated carbocycles. The van der Waals surface area contributed by atoms with Crippen molar-refractivity contribution in [2.24, 2.45) is 16.7 Å². The van der Waals surface area contributed by atoms with Crippen LogP contribution in [0.3, 0.4) is 0 Å². The van der Waals surface area contributed by atoms with E-state index in [0.717, 1.165) is 25.8 Å². The normalized spacial score (nSPS) is 34.1. The maximum absolute atomic E-state index is 12.2. The molecule has 1 N–H and O–H groups in total. The van der Waals surface area contributed by atoms with Crippen LogP contribution >= 0.6 is 0 Å². The molecule has 2 fully saturated rings. The van der Waals surface area contributed by atoms with Crippen molar-refractivity contribution >= 4 is 5.91 Å². The van der Waals surface area contributed by atoms with Crippen LogP contribution in [0.4, 0.5) is 0 Å². The lowest BCUT2D eigenvalue weighted by atomic mass is 9.95. The molecule has 1 aliphatic heterocycles. The second kappa shape index (κ2) is 4.22. The molecule has 1 unspecified atom stereocenters. The van der Waals surface area contributed by atoms with E-state index < -0.39 is 5.60 Å². The number of hydrogen-bond acceptors (Lipinski definition) is 2. The zero-order valence-electron chi connectivity index (χ0n) is 12.4. The highest BCUT2D eigenvalue weighted by molar-refractivity contribution is 5.84. The van der Waals surface area contributed by atoms with E-state index in [9.17, 15) is 4.79 Å². The van der Waals surface area contributed by atoms with E-state index >= 15 is 0 Å². The summed E-state index contributed by atoms with van der Waals surface area (Å²) in [5.41, 5.74) is 0.0602. The first-order valence-corrected chi connectivity index (χ1v) is 7.14. The third-order valence-electron chi connectivity index (χ3n) is 5.74. The predicted molar refractivity (Wildman–Crippen MR) is 72.3 cm³/mol. The van der Waals surface area contributed by atoms with Gasteiger partial charge in [-0.3, -0.25) is 4.79 Å². The average molecular weight is 253 g/mol. The summed E-state index contributed by atoms with van der Waals surface area (Å²) in [6.07, 6.45) is 3.01. The number of carbonyl (C=O) groups is 1. The Morgan fingerprint density at radius 3 is 2.22 bits per heavy atom. The molecule has 1 amide bonds. The van der Waals surface area contributed by atoms with Crippen molar-refractivity contribution in [1.82, 2.24) is 5.32 Å². The molecule has 104 valence electrons. The van der Waals surface area contributed by atoms with Gasteiger partial charge in [-0.15, -0.1) is 0 Å². The SMILES string of the molecule is CC1(C(=O)NCC2C(C)(C)C2(C)C)CCCCO1. The number of rotatable bonds is 3. The number of carbonyl (C=O) groups excluding carboxylic acids is 1. The summed E-state index contributed by atoms with van der Waals surface area (Å²) >= 11 is 0. The van der Waals surface area contributed by atoms with E-state index in [0.29, 0.717) is 23.4 Å². The van der Waals surface area contributed by atoms with Gasteiger partial charge in [0.15, 0.2) is 0 Å². The minimum Gasteiger partial charge on any atom is -0.365 e. The molecule has 0 aromatic carbocycles. The third-order valence-corrected chi connectivity index (χ3v) is 5.74. The second-order valence-electron chi connectivity index (χ2n) is 7.24. The molecule has 3 heteroatoms. The first-order chi connectivity index (χ1) is 8.22. The van der Waals surface area contributed by atoms with Crippen molar-refractivity contribution in [3.05, 3.63) is 0 Å². The lowest BCUT2D eigenvalue weighted by Crippen LogP contribution is -2.49. The van der Waals surface area contributed by atoms with Gasteiger partial charge in [0.05, 0.1) is 0 Å². The van der Waals surface area contributed by atoms with Gasteiger partial charge in [-0.2, -0.15) is 0 Å². The lowest BCUT2D eigenvalue weighted by Gasteiger charge is -2.32. The Kier molecular flexibility index (Phi) is 3.25. The van der Waals surface area contributed by atoms with Gasteiger partial charge in [0.2, 0.25) is 0 Å². The van der Waals surface area contributed by atoms with E-state index in [-0.39, 0.29) is 5.91 Å². The summed E-state index contributed by atoms with van der Waals surface area (Å²) in [7, 11) is 0. The maximum Gasteiger partial charge on any atom is 0.251 e. The molecule has 0 aromatic rings. The Bertz CT molecular complexity index is 326. The molecule has 0 spiro atoms. The minimum atomic E-state index is -0.596. The molecule has 1 atom stereocenters. The highest BCUT2D eigenvalue weighted by Gasteiger charge is 2.64. The topological polar surface area (TPSA) is 38.3 Å². The molecule has 0 aromatic heterocycles. The van der Waals surface area contributed by atoms with E-state index in [1.807, 2.05) is 6.92 Å². The van der Waals surface area contributed by atoms with Gasteiger partial charge in [-0.05, 0) is 42.9 Å². The van der Waals surface area contributed by atoms with Crippen LogP contribution in [0, 0.1) is 16.7 Å². The van der Waals surface area contributed by atoms with Gasteiger partial charge in [-0.25, -0.2) is 0 Å². The number of hydrogen-bond donors (Lipinski definition) is 1. The standard InChI is InChI=1S/C15H27NO2/c1-13(2)11(14(13,3)4)10-16-12(17)15(5)8-6-7-9-18-15/h11H,6-10H2,1-5H3,(H,16,17). The van der Waals surface area contributed by atoms with Crippen LogP contribution in [0.25, 0.3) is 0 Å². The molecule has 1 aliphatic carbocycles. The second-order valence-corrected chi connectivity index (χ2v) is 7.24. The molecule has 0 radical (unpaired) electrons. The molecular weight excluding hydrogens is 226 g/mol. The monoisotopic (exact) mass is 253 g/mol. The first-order valence-electron chi connectivity index (χ1n) is 7.14. The molecule has 1 heterocycles. The van der Waals surface area contributed by atoms with E-state index in [1.54, 1.807) is 0 Å². The Balaban J connectivity index is 1.86. The fraction of sp³-hybridized carbons (Fsp3) is 0.933. The molecule has 3 nitrogen and oxygen atoms in total. The van der Waals surface area contributed by atoms with Gasteiger partial charge in [0.1, 0.15) is 5.60 Å². The summed E-state index contributed by atoms with van der Waals surface area (Å²) in [5.74, 6) is 0.641. The van der Waals surface area contributed by atoms with Crippen LogP contribution in [0.5, 0.6) is 0 Å². The third kappa shape index (κ3) is 2.07. The van der Waals surface area contributed by atoms with Crippen molar-refractivity contribution in [3.8, 4) is 0 Å². The zero-order chi connectivity index (χ0) is 13.6. The van der Waals surface area contributed by atoms with Crippen LogP contribution in [0.2, 0.25) is 0 Å². The lowest BCUT2D eigenvalue weighted by molar-refractivity contribution is -0.150. The molecular formula is C15H27NO2. The summed E-state index contributed by atoms with van der Waals surface area (Å²) in [5, 5.41) is 3.10. The highest BCUT2D eigenvalue weighted by Crippen LogP contribution is 2.67. The summed E-state index contributed by atoms with van der Waals surface area (Å²) < 4.78 is 5.67. The molecule has 18 heavy (non-hydrogen) atoms. The van der Waals surface area contributed by atoms with Crippen LogP contribution in [-0.4, -0.2) is 24.7 Å². The zero-order valence-corrected chi connectivity index (χ0v) is 12.4. The quantitative estimate of drug-likeness (QED) is 0.840. The van der Waals surface area contributed by atoms with E-state index in [4.69, 9.17) is 4.74 Å². The van der Waals surface area contributed by atoms with Gasteiger partial charge in [-0.1, -0.05) is 27.7 Å². The largest absolute Gasteiger partial charge is 0.365 e. The van der Waals surface area contributed by atoms with Gasteiger partial charge in [0, 0.05) is 13.2 Å². The average Bonchev–Trinajstić information content (AvgIpc) is 2.67. The van der Waals surface area contributed by atoms with Crippen molar-refractivity contribution in [2.45, 2.75) is 59.5 Å². The molecule has 2 rings (SSSR count). The smallest absolute Gasteiger partial charge is 0.251 e. The minimum absolute atomic E-state index is 0.0701. The fourth-order valence-corrected chi connectivity index (χ4v) is 3.34. The van der Waals surface area contributed by atoms with Crippen molar-refractivity contribution in [2.75, 3.05) is 13.2 Å². The van der Waals surface area contributed by atoms with E-state index in [2.05, 4.69) is 33.0 Å². The Labute approximate surface area is 111 Å². The van der Waals surface area contributed by atoms with Gasteiger partial charge >= 0.3 is 0 Å². The van der Waals surface area contributed by atoms with E-state index in [1.165, 1.54) is 0 Å². The fourth-order valence-electron chi connectivity index (χ4n) is 3.34. The Morgan fingerprint density at radius 1 is 1.17 bits per heavy atom. The predicted octanol–water partition coefficient (Wildman–Crippen LogP) is 2.74. The summed E-state index contributed by atoms with van der Waals surface area (Å²) in [6, 6.07) is 0. The van der Waals surface area contributed by atoms with Crippen molar-refractivity contribution in [3.63, 3.8) is 0 Å². The Hall–Kier alpha value is -0.570. The van der Waals surface area contributed by atoms with Crippen LogP contribution in [0.1, 0.15) is 53.9 Å². The van der Waals surface area contributed by atoms with Crippen LogP contribution < -0.4 is 5.32 Å².